The van der Waals surface area contributed by atoms with Crippen LogP contribution >= 0.6 is 15.9 Å². The van der Waals surface area contributed by atoms with Gasteiger partial charge in [0.1, 0.15) is 4.95 Å². The lowest BCUT2D eigenvalue weighted by atomic mass is 10.4. The summed E-state index contributed by atoms with van der Waals surface area (Å²) < 4.78 is 0.997. The van der Waals surface area contributed by atoms with Crippen molar-refractivity contribution in [1.82, 2.24) is 0 Å². The van der Waals surface area contributed by atoms with Gasteiger partial charge in [0.25, 0.3) is 0 Å². The van der Waals surface area contributed by atoms with Crippen LogP contribution in [-0.4, -0.2) is 30.6 Å². The maximum Gasteiger partial charge on any atom is 0.143 e. The molecule has 0 aromatic heterocycles. The van der Waals surface area contributed by atoms with Crippen molar-refractivity contribution in [3.05, 3.63) is 0 Å². The van der Waals surface area contributed by atoms with Gasteiger partial charge in [0.2, 0.25) is 0 Å². The summed E-state index contributed by atoms with van der Waals surface area (Å²) in [6, 6.07) is 0. The first-order chi connectivity index (χ1) is 3.48. The van der Waals surface area contributed by atoms with E-state index in [1.54, 1.807) is 0 Å². The van der Waals surface area contributed by atoms with Crippen LogP contribution in [-0.2, 0) is 0 Å². The van der Waals surface area contributed by atoms with Crippen LogP contribution in [0.4, 0.5) is 0 Å². The van der Waals surface area contributed by atoms with Crippen LogP contribution < -0.4 is 0 Å². The standard InChI is InChI=1S/C6H15BrN/c1-5-6(7)8(2,3)4/h6H,5H2,1-4H3/q+1. The molecule has 0 aromatic rings. The maximum absolute atomic E-state index is 3.57. The zero-order valence-corrected chi connectivity index (χ0v) is 7.70. The molecular weight excluding hydrogens is 166 g/mol. The summed E-state index contributed by atoms with van der Waals surface area (Å²) in [5, 5.41) is 0. The van der Waals surface area contributed by atoms with Gasteiger partial charge in [0.05, 0.1) is 21.1 Å². The molecule has 0 heterocycles. The van der Waals surface area contributed by atoms with Crippen LogP contribution in [0.1, 0.15) is 13.3 Å². The molecule has 0 aromatic carbocycles. The second kappa shape index (κ2) is 2.83. The Kier molecular flexibility index (Phi) is 2.99. The fourth-order valence-corrected chi connectivity index (χ4v) is 0.548. The Morgan fingerprint density at radius 2 is 1.75 bits per heavy atom. The molecule has 0 bridgehead atoms. The summed E-state index contributed by atoms with van der Waals surface area (Å²) in [4.78, 5) is 0.600. The van der Waals surface area contributed by atoms with Crippen LogP contribution in [0.25, 0.3) is 0 Å². The molecule has 0 fully saturated rings. The number of rotatable bonds is 2. The lowest BCUT2D eigenvalue weighted by Gasteiger charge is -2.28. The first kappa shape index (κ1) is 8.44. The van der Waals surface area contributed by atoms with Gasteiger partial charge in [-0.15, -0.1) is 0 Å². The zero-order chi connectivity index (χ0) is 6.78. The highest BCUT2D eigenvalue weighted by Gasteiger charge is 2.16. The van der Waals surface area contributed by atoms with E-state index in [-0.39, 0.29) is 0 Å². The summed E-state index contributed by atoms with van der Waals surface area (Å²) in [6.45, 7) is 2.18. The number of halogens is 1. The molecule has 0 N–H and O–H groups in total. The van der Waals surface area contributed by atoms with Crippen LogP contribution in [0.3, 0.4) is 0 Å². The Hall–Kier alpha value is 0.440. The first-order valence-electron chi connectivity index (χ1n) is 2.93. The van der Waals surface area contributed by atoms with Crippen molar-refractivity contribution in [3.63, 3.8) is 0 Å². The highest BCUT2D eigenvalue weighted by molar-refractivity contribution is 9.09. The Morgan fingerprint density at radius 3 is 1.75 bits per heavy atom. The van der Waals surface area contributed by atoms with Gasteiger partial charge >= 0.3 is 0 Å². The van der Waals surface area contributed by atoms with Gasteiger partial charge < -0.3 is 4.48 Å². The predicted molar refractivity (Wildman–Crippen MR) is 41.0 cm³/mol. The third kappa shape index (κ3) is 2.68. The summed E-state index contributed by atoms with van der Waals surface area (Å²) in [7, 11) is 6.55. The number of nitrogens with zero attached hydrogens (tertiary/aromatic N) is 1. The molecule has 0 aliphatic rings. The number of hydrogen-bond acceptors (Lipinski definition) is 0. The normalized spacial score (nSPS) is 16.1. The van der Waals surface area contributed by atoms with Gasteiger partial charge in [-0.25, -0.2) is 0 Å². The fraction of sp³-hybridized carbons (Fsp3) is 1.00. The smallest absolute Gasteiger partial charge is 0.143 e. The molecule has 1 nitrogen and oxygen atoms in total. The van der Waals surface area contributed by atoms with E-state index in [1.807, 2.05) is 0 Å². The van der Waals surface area contributed by atoms with Crippen LogP contribution in [0.5, 0.6) is 0 Å². The first-order valence-corrected chi connectivity index (χ1v) is 3.85. The highest BCUT2D eigenvalue weighted by Crippen LogP contribution is 2.12. The molecule has 1 unspecified atom stereocenters. The molecule has 0 aliphatic carbocycles. The van der Waals surface area contributed by atoms with E-state index < -0.39 is 0 Å². The molecule has 0 amide bonds. The second-order valence-corrected chi connectivity index (χ2v) is 4.02. The van der Waals surface area contributed by atoms with Gasteiger partial charge in [-0.3, -0.25) is 0 Å². The van der Waals surface area contributed by atoms with Crippen LogP contribution in [0.2, 0.25) is 0 Å². The van der Waals surface area contributed by atoms with E-state index in [1.165, 1.54) is 6.42 Å². The summed E-state index contributed by atoms with van der Waals surface area (Å²) in [5.41, 5.74) is 0. The van der Waals surface area contributed by atoms with Crippen molar-refractivity contribution in [2.75, 3.05) is 21.1 Å². The molecule has 1 atom stereocenters. The molecule has 0 rings (SSSR count). The van der Waals surface area contributed by atoms with E-state index in [4.69, 9.17) is 0 Å². The van der Waals surface area contributed by atoms with E-state index in [9.17, 15) is 0 Å². The predicted octanol–water partition coefficient (Wildman–Crippen LogP) is 1.82. The Morgan fingerprint density at radius 1 is 1.38 bits per heavy atom. The zero-order valence-electron chi connectivity index (χ0n) is 6.11. The van der Waals surface area contributed by atoms with Crippen LogP contribution in [0, 0.1) is 0 Å². The Bertz CT molecular complexity index is 65.4. The quantitative estimate of drug-likeness (QED) is 0.346. The number of quaternary nitrogens is 1. The van der Waals surface area contributed by atoms with E-state index in [0.717, 1.165) is 4.48 Å². The molecule has 2 heteroatoms. The van der Waals surface area contributed by atoms with Gasteiger partial charge in [-0.1, -0.05) is 6.92 Å². The van der Waals surface area contributed by atoms with Crippen molar-refractivity contribution in [3.8, 4) is 0 Å². The fourth-order valence-electron chi connectivity index (χ4n) is 0.548. The van der Waals surface area contributed by atoms with Gasteiger partial charge in [-0.05, 0) is 15.9 Å². The third-order valence-electron chi connectivity index (χ3n) is 1.18. The monoisotopic (exact) mass is 180 g/mol. The molecule has 50 valence electrons. The SMILES string of the molecule is CCC(Br)[N+](C)(C)C. The average molecular weight is 181 g/mol. The van der Waals surface area contributed by atoms with Gasteiger partial charge in [0, 0.05) is 6.42 Å². The van der Waals surface area contributed by atoms with Crippen molar-refractivity contribution in [1.29, 1.82) is 0 Å². The summed E-state index contributed by atoms with van der Waals surface area (Å²) in [5.74, 6) is 0. The van der Waals surface area contributed by atoms with Crippen molar-refractivity contribution in [2.45, 2.75) is 18.3 Å². The molecule has 0 spiro atoms. The van der Waals surface area contributed by atoms with Crippen LogP contribution in [0.15, 0.2) is 0 Å². The molecule has 0 aliphatic heterocycles. The summed E-state index contributed by atoms with van der Waals surface area (Å²) >= 11 is 3.57. The summed E-state index contributed by atoms with van der Waals surface area (Å²) in [6.07, 6.45) is 1.18. The molecule has 8 heavy (non-hydrogen) atoms. The van der Waals surface area contributed by atoms with Gasteiger partial charge in [0.15, 0.2) is 0 Å². The van der Waals surface area contributed by atoms with Crippen molar-refractivity contribution >= 4 is 15.9 Å². The molecule has 0 saturated carbocycles. The van der Waals surface area contributed by atoms with E-state index >= 15 is 0 Å². The second-order valence-electron chi connectivity index (χ2n) is 2.96. The van der Waals surface area contributed by atoms with Gasteiger partial charge in [-0.2, -0.15) is 0 Å². The molecular formula is C6H15BrN+. The maximum atomic E-state index is 3.57. The third-order valence-corrected chi connectivity index (χ3v) is 3.05. The topological polar surface area (TPSA) is 0 Å². The lowest BCUT2D eigenvalue weighted by molar-refractivity contribution is -0.879. The van der Waals surface area contributed by atoms with E-state index in [0.29, 0.717) is 4.95 Å². The largest absolute Gasteiger partial charge is 0.320 e. The number of hydrogen-bond donors (Lipinski definition) is 0. The highest BCUT2D eigenvalue weighted by atomic mass is 79.9. The minimum absolute atomic E-state index is 0.600. The van der Waals surface area contributed by atoms with Crippen molar-refractivity contribution in [2.24, 2.45) is 0 Å². The lowest BCUT2D eigenvalue weighted by Crippen LogP contribution is -2.40. The Labute approximate surface area is 60.4 Å². The molecule has 0 radical (unpaired) electrons. The average Bonchev–Trinajstić information content (AvgIpc) is 1.62. The number of alkyl halides is 1. The molecule has 0 saturated heterocycles. The van der Waals surface area contributed by atoms with E-state index in [2.05, 4.69) is 44.0 Å². The Balaban J connectivity index is 3.62. The minimum atomic E-state index is 0.600. The minimum Gasteiger partial charge on any atom is -0.320 e. The van der Waals surface area contributed by atoms with Crippen molar-refractivity contribution < 1.29 is 4.48 Å².